The molecule has 6 nitrogen and oxygen atoms in total. The predicted molar refractivity (Wildman–Crippen MR) is 62.9 cm³/mol. The minimum Gasteiger partial charge on any atom is -0.296 e. The summed E-state index contributed by atoms with van der Waals surface area (Å²) in [5, 5.41) is 7.46. The summed E-state index contributed by atoms with van der Waals surface area (Å²) in [5.41, 5.74) is -0.0892. The number of benzene rings is 1. The number of anilines is 1. The molecule has 0 spiro atoms. The normalized spacial score (nSPS) is 14.1. The molecule has 8 heteroatoms. The molecule has 2 aromatic rings. The molecule has 0 atom stereocenters. The zero-order chi connectivity index (χ0) is 14.4. The zero-order valence-electron chi connectivity index (χ0n) is 10.3. The molecule has 1 amide bonds. The summed E-state index contributed by atoms with van der Waals surface area (Å²) in [7, 11) is 1.64. The number of aryl methyl sites for hydroxylation is 1. The van der Waals surface area contributed by atoms with Gasteiger partial charge in [0.15, 0.2) is 5.82 Å². The second-order valence-electron chi connectivity index (χ2n) is 4.39. The Kier molecular flexibility index (Phi) is 2.60. The van der Waals surface area contributed by atoms with E-state index < -0.39 is 23.3 Å². The molecule has 0 radical (unpaired) electrons. The quantitative estimate of drug-likeness (QED) is 0.763. The van der Waals surface area contributed by atoms with Crippen LogP contribution < -0.4 is 4.90 Å². The van der Waals surface area contributed by atoms with Crippen LogP contribution in [0.1, 0.15) is 16.1 Å². The molecule has 1 aliphatic heterocycles. The molecule has 0 N–H and O–H groups in total. The SMILES string of the molecule is Cn1cc(CN2C(=O)C(=O)c3cc(F)cc(F)c32)nn1. The molecular formula is C12H8F2N4O2. The van der Waals surface area contributed by atoms with Crippen LogP contribution >= 0.6 is 0 Å². The molecule has 0 saturated carbocycles. The van der Waals surface area contributed by atoms with E-state index in [4.69, 9.17) is 0 Å². The van der Waals surface area contributed by atoms with Crippen LogP contribution in [0.4, 0.5) is 14.5 Å². The predicted octanol–water partition coefficient (Wildman–Crippen LogP) is 0.823. The lowest BCUT2D eigenvalue weighted by atomic mass is 10.1. The summed E-state index contributed by atoms with van der Waals surface area (Å²) in [5.74, 6) is -3.69. The summed E-state index contributed by atoms with van der Waals surface area (Å²) >= 11 is 0. The fourth-order valence-corrected chi connectivity index (χ4v) is 2.13. The van der Waals surface area contributed by atoms with Crippen LogP contribution in [-0.2, 0) is 18.4 Å². The Morgan fingerprint density at radius 2 is 2.00 bits per heavy atom. The lowest BCUT2D eigenvalue weighted by Crippen LogP contribution is -2.29. The number of carbonyl (C=O) groups is 2. The van der Waals surface area contributed by atoms with Crippen molar-refractivity contribution in [2.75, 3.05) is 4.90 Å². The Morgan fingerprint density at radius 3 is 2.65 bits per heavy atom. The third-order valence-electron chi connectivity index (χ3n) is 2.95. The van der Waals surface area contributed by atoms with Crippen molar-refractivity contribution in [3.05, 3.63) is 41.2 Å². The zero-order valence-corrected chi connectivity index (χ0v) is 10.3. The summed E-state index contributed by atoms with van der Waals surface area (Å²) in [6.07, 6.45) is 1.54. The van der Waals surface area contributed by atoms with Crippen molar-refractivity contribution in [3.63, 3.8) is 0 Å². The van der Waals surface area contributed by atoms with Gasteiger partial charge in [-0.15, -0.1) is 5.10 Å². The van der Waals surface area contributed by atoms with Gasteiger partial charge >= 0.3 is 0 Å². The Balaban J connectivity index is 2.06. The van der Waals surface area contributed by atoms with Crippen LogP contribution in [0, 0.1) is 11.6 Å². The van der Waals surface area contributed by atoms with Crippen molar-refractivity contribution >= 4 is 17.4 Å². The first kappa shape index (κ1) is 12.4. The Labute approximate surface area is 111 Å². The Morgan fingerprint density at radius 1 is 1.25 bits per heavy atom. The maximum atomic E-state index is 13.8. The molecule has 0 aliphatic carbocycles. The first-order valence-electron chi connectivity index (χ1n) is 5.68. The summed E-state index contributed by atoms with van der Waals surface area (Å²) in [6.45, 7) is -0.103. The van der Waals surface area contributed by atoms with E-state index in [-0.39, 0.29) is 17.8 Å². The third kappa shape index (κ3) is 1.77. The number of hydrogen-bond acceptors (Lipinski definition) is 4. The Hall–Kier alpha value is -2.64. The van der Waals surface area contributed by atoms with E-state index in [1.807, 2.05) is 0 Å². The van der Waals surface area contributed by atoms with Gasteiger partial charge in [-0.05, 0) is 6.07 Å². The molecule has 1 aliphatic rings. The molecule has 0 saturated heterocycles. The van der Waals surface area contributed by atoms with E-state index in [2.05, 4.69) is 10.3 Å². The summed E-state index contributed by atoms with van der Waals surface area (Å²) in [6, 6.07) is 1.49. The van der Waals surface area contributed by atoms with Gasteiger partial charge in [0.05, 0.1) is 17.8 Å². The first-order chi connectivity index (χ1) is 9.47. The van der Waals surface area contributed by atoms with Gasteiger partial charge in [0.2, 0.25) is 0 Å². The standard InChI is InChI=1S/C12H8F2N4O2/c1-17-4-7(15-16-17)5-18-10-8(11(19)12(18)20)2-6(13)3-9(10)14/h2-4H,5H2,1H3. The van der Waals surface area contributed by atoms with Crippen molar-refractivity contribution in [1.29, 1.82) is 0 Å². The van der Waals surface area contributed by atoms with Gasteiger partial charge in [-0.25, -0.2) is 8.78 Å². The smallest absolute Gasteiger partial charge is 0.296 e. The molecule has 2 heterocycles. The van der Waals surface area contributed by atoms with Crippen LogP contribution in [0.25, 0.3) is 0 Å². The van der Waals surface area contributed by atoms with Crippen molar-refractivity contribution in [1.82, 2.24) is 15.0 Å². The maximum Gasteiger partial charge on any atom is 0.299 e. The van der Waals surface area contributed by atoms with Gasteiger partial charge in [0.25, 0.3) is 11.7 Å². The minimum absolute atomic E-state index is 0.103. The average molecular weight is 278 g/mol. The Bertz CT molecular complexity index is 741. The molecule has 0 bridgehead atoms. The molecule has 3 rings (SSSR count). The van der Waals surface area contributed by atoms with E-state index in [1.54, 1.807) is 7.05 Å². The molecule has 1 aromatic heterocycles. The minimum atomic E-state index is -0.955. The second-order valence-corrected chi connectivity index (χ2v) is 4.39. The van der Waals surface area contributed by atoms with Gasteiger partial charge in [0, 0.05) is 19.3 Å². The highest BCUT2D eigenvalue weighted by Gasteiger charge is 2.39. The van der Waals surface area contributed by atoms with Crippen molar-refractivity contribution in [3.8, 4) is 0 Å². The van der Waals surface area contributed by atoms with E-state index in [9.17, 15) is 18.4 Å². The number of aromatic nitrogens is 3. The number of Topliss-reactive ketones (excluding diaryl/α,β-unsaturated/α-hetero) is 1. The van der Waals surface area contributed by atoms with Crippen LogP contribution in [-0.4, -0.2) is 26.7 Å². The summed E-state index contributed by atoms with van der Waals surface area (Å²) in [4.78, 5) is 24.6. The van der Waals surface area contributed by atoms with Crippen molar-refractivity contribution < 1.29 is 18.4 Å². The molecule has 20 heavy (non-hydrogen) atoms. The fraction of sp³-hybridized carbons (Fsp3) is 0.167. The second kappa shape index (κ2) is 4.19. The van der Waals surface area contributed by atoms with Gasteiger partial charge in [-0.3, -0.25) is 19.2 Å². The monoisotopic (exact) mass is 278 g/mol. The number of carbonyl (C=O) groups excluding carboxylic acids is 2. The number of amides is 1. The van der Waals surface area contributed by atoms with Crippen LogP contribution in [0.2, 0.25) is 0 Å². The topological polar surface area (TPSA) is 68.1 Å². The van der Waals surface area contributed by atoms with E-state index >= 15 is 0 Å². The lowest BCUT2D eigenvalue weighted by Gasteiger charge is -2.15. The van der Waals surface area contributed by atoms with Gasteiger partial charge in [0.1, 0.15) is 11.5 Å². The number of hydrogen-bond donors (Lipinski definition) is 0. The van der Waals surface area contributed by atoms with Crippen molar-refractivity contribution in [2.24, 2.45) is 7.05 Å². The number of ketones is 1. The van der Waals surface area contributed by atoms with Crippen LogP contribution in [0.15, 0.2) is 18.3 Å². The van der Waals surface area contributed by atoms with E-state index in [1.165, 1.54) is 10.9 Å². The highest BCUT2D eigenvalue weighted by atomic mass is 19.1. The van der Waals surface area contributed by atoms with E-state index in [0.29, 0.717) is 11.8 Å². The van der Waals surface area contributed by atoms with Crippen LogP contribution in [0.5, 0.6) is 0 Å². The van der Waals surface area contributed by atoms with Gasteiger partial charge in [-0.2, -0.15) is 0 Å². The van der Waals surface area contributed by atoms with Gasteiger partial charge < -0.3 is 0 Å². The van der Waals surface area contributed by atoms with Crippen LogP contribution in [0.3, 0.4) is 0 Å². The number of nitrogens with zero attached hydrogens (tertiary/aromatic N) is 4. The highest BCUT2D eigenvalue weighted by molar-refractivity contribution is 6.52. The highest BCUT2D eigenvalue weighted by Crippen LogP contribution is 2.33. The third-order valence-corrected chi connectivity index (χ3v) is 2.95. The van der Waals surface area contributed by atoms with Gasteiger partial charge in [-0.1, -0.05) is 5.21 Å². The first-order valence-corrected chi connectivity index (χ1v) is 5.68. The summed E-state index contributed by atoms with van der Waals surface area (Å²) < 4.78 is 28.4. The lowest BCUT2D eigenvalue weighted by molar-refractivity contribution is -0.114. The maximum absolute atomic E-state index is 13.8. The molecular weight excluding hydrogens is 270 g/mol. The number of fused-ring (bicyclic) bond motifs is 1. The largest absolute Gasteiger partial charge is 0.299 e. The number of rotatable bonds is 2. The molecule has 1 aromatic carbocycles. The van der Waals surface area contributed by atoms with E-state index in [0.717, 1.165) is 11.0 Å². The molecule has 0 unspecified atom stereocenters. The molecule has 102 valence electrons. The molecule has 0 fully saturated rings. The number of halogens is 2. The average Bonchev–Trinajstić information content (AvgIpc) is 2.88. The fourth-order valence-electron chi connectivity index (χ4n) is 2.13. The van der Waals surface area contributed by atoms with Crippen molar-refractivity contribution in [2.45, 2.75) is 6.54 Å².